The number of rotatable bonds is 7. The van der Waals surface area contributed by atoms with Gasteiger partial charge < -0.3 is 10.2 Å². The van der Waals surface area contributed by atoms with Crippen LogP contribution < -0.4 is 5.32 Å². The molecule has 0 radical (unpaired) electrons. The second kappa shape index (κ2) is 9.24. The van der Waals surface area contributed by atoms with E-state index >= 15 is 0 Å². The van der Waals surface area contributed by atoms with E-state index in [1.807, 2.05) is 11.1 Å². The lowest BCUT2D eigenvalue weighted by Gasteiger charge is -2.15. The summed E-state index contributed by atoms with van der Waals surface area (Å²) < 4.78 is 1.77. The van der Waals surface area contributed by atoms with Crippen molar-refractivity contribution in [3.05, 3.63) is 59.0 Å². The Labute approximate surface area is 204 Å². The molecule has 0 atom stereocenters. The molecule has 3 aliphatic rings. The van der Waals surface area contributed by atoms with Gasteiger partial charge in [0.2, 0.25) is 5.91 Å². The molecule has 1 N–H and O–H groups in total. The maximum absolute atomic E-state index is 13.1. The molecule has 2 aliphatic carbocycles. The summed E-state index contributed by atoms with van der Waals surface area (Å²) in [6.07, 6.45) is 11.1. The van der Waals surface area contributed by atoms with E-state index in [0.717, 1.165) is 68.4 Å². The second-order valence-corrected chi connectivity index (χ2v) is 9.78. The van der Waals surface area contributed by atoms with Crippen molar-refractivity contribution in [2.75, 3.05) is 19.6 Å². The van der Waals surface area contributed by atoms with Crippen LogP contribution in [0, 0.1) is 0 Å². The van der Waals surface area contributed by atoms with Crippen LogP contribution in [0.5, 0.6) is 0 Å². The van der Waals surface area contributed by atoms with Crippen LogP contribution in [-0.2, 0) is 17.6 Å². The lowest BCUT2D eigenvalue weighted by Crippen LogP contribution is -2.31. The summed E-state index contributed by atoms with van der Waals surface area (Å²) in [7, 11) is 0. The number of nitrogens with one attached hydrogen (secondary N) is 1. The Morgan fingerprint density at radius 1 is 1.06 bits per heavy atom. The number of carbonyl (C=O) groups is 2. The van der Waals surface area contributed by atoms with Crippen LogP contribution >= 0.6 is 0 Å². The molecule has 0 spiro atoms. The highest BCUT2D eigenvalue weighted by Gasteiger charge is 2.34. The summed E-state index contributed by atoms with van der Waals surface area (Å²) in [5, 5.41) is 7.60. The van der Waals surface area contributed by atoms with Gasteiger partial charge in [0.05, 0.1) is 23.1 Å². The molecule has 1 aromatic carbocycles. The Balaban J connectivity index is 1.24. The maximum Gasteiger partial charge on any atom is 0.254 e. The highest BCUT2D eigenvalue weighted by molar-refractivity contribution is 5.95. The largest absolute Gasteiger partial charge is 0.352 e. The molecule has 35 heavy (non-hydrogen) atoms. The number of amides is 2. The van der Waals surface area contributed by atoms with Crippen LogP contribution in [0.3, 0.4) is 0 Å². The molecule has 1 saturated carbocycles. The number of fused-ring (bicyclic) bond motifs is 3. The number of aryl methyl sites for hydroxylation is 2. The minimum absolute atomic E-state index is 0.119. The number of likely N-dealkylation sites (tertiary alicyclic amines) is 1. The molecule has 3 heterocycles. The number of aromatic nitrogens is 4. The molecular formula is C27H30N6O2. The molecule has 1 aliphatic heterocycles. The van der Waals surface area contributed by atoms with E-state index in [2.05, 4.69) is 39.7 Å². The highest BCUT2D eigenvalue weighted by Crippen LogP contribution is 2.42. The topological polar surface area (TPSA) is 93.0 Å². The average Bonchev–Trinajstić information content (AvgIpc) is 3.54. The predicted molar refractivity (Wildman–Crippen MR) is 131 cm³/mol. The Hall–Kier alpha value is -3.55. The van der Waals surface area contributed by atoms with Gasteiger partial charge in [-0.1, -0.05) is 24.3 Å². The fourth-order valence-corrected chi connectivity index (χ4v) is 5.30. The lowest BCUT2D eigenvalue weighted by atomic mass is 10.0. The van der Waals surface area contributed by atoms with Crippen LogP contribution in [0.25, 0.3) is 17.2 Å². The van der Waals surface area contributed by atoms with Gasteiger partial charge in [0.1, 0.15) is 0 Å². The van der Waals surface area contributed by atoms with Gasteiger partial charge in [-0.2, -0.15) is 5.10 Å². The Bertz CT molecular complexity index is 1280. The van der Waals surface area contributed by atoms with Gasteiger partial charge in [0.25, 0.3) is 11.9 Å². The van der Waals surface area contributed by atoms with Crippen LogP contribution in [0.2, 0.25) is 0 Å². The van der Waals surface area contributed by atoms with Gasteiger partial charge in [-0.25, -0.2) is 14.6 Å². The summed E-state index contributed by atoms with van der Waals surface area (Å²) in [5.41, 5.74) is 6.12. The number of hydrogen-bond donors (Lipinski definition) is 1. The van der Waals surface area contributed by atoms with Crippen LogP contribution in [0.4, 0.5) is 0 Å². The molecule has 1 saturated heterocycles. The van der Waals surface area contributed by atoms with Gasteiger partial charge in [-0.05, 0) is 56.1 Å². The molecule has 3 aromatic rings. The Kier molecular flexibility index (Phi) is 5.80. The molecule has 8 heteroatoms. The summed E-state index contributed by atoms with van der Waals surface area (Å²) in [6.45, 7) is 2.05. The van der Waals surface area contributed by atoms with Crippen LogP contribution in [0.1, 0.15) is 71.6 Å². The molecular weight excluding hydrogens is 440 g/mol. The Morgan fingerprint density at radius 2 is 1.91 bits per heavy atom. The van der Waals surface area contributed by atoms with E-state index < -0.39 is 0 Å². The first kappa shape index (κ1) is 21.9. The first-order valence-corrected chi connectivity index (χ1v) is 12.8. The zero-order valence-corrected chi connectivity index (χ0v) is 19.9. The lowest BCUT2D eigenvalue weighted by molar-refractivity contribution is -0.127. The van der Waals surface area contributed by atoms with E-state index in [0.29, 0.717) is 36.9 Å². The molecule has 180 valence electrons. The van der Waals surface area contributed by atoms with Crippen molar-refractivity contribution in [3.63, 3.8) is 0 Å². The minimum Gasteiger partial charge on any atom is -0.352 e. The first-order chi connectivity index (χ1) is 17.2. The van der Waals surface area contributed by atoms with Gasteiger partial charge in [-0.3, -0.25) is 9.59 Å². The number of hydrogen-bond acceptors (Lipinski definition) is 5. The maximum atomic E-state index is 13.1. The Morgan fingerprint density at radius 3 is 2.74 bits per heavy atom. The zero-order valence-electron chi connectivity index (χ0n) is 19.9. The van der Waals surface area contributed by atoms with E-state index in [1.165, 1.54) is 11.1 Å². The second-order valence-electron chi connectivity index (χ2n) is 9.78. The normalized spacial score (nSPS) is 17.1. The minimum atomic E-state index is -0.119. The van der Waals surface area contributed by atoms with Gasteiger partial charge >= 0.3 is 0 Å². The van der Waals surface area contributed by atoms with Crippen molar-refractivity contribution in [2.24, 2.45) is 0 Å². The molecule has 6 rings (SSSR count). The van der Waals surface area contributed by atoms with E-state index in [-0.39, 0.29) is 11.8 Å². The molecule has 8 nitrogen and oxygen atoms in total. The quantitative estimate of drug-likeness (QED) is 0.534. The number of benzene rings is 1. The summed E-state index contributed by atoms with van der Waals surface area (Å²) in [4.78, 5) is 36.4. The zero-order chi connectivity index (χ0) is 23.8. The van der Waals surface area contributed by atoms with Crippen molar-refractivity contribution >= 4 is 11.8 Å². The number of nitrogens with zero attached hydrogens (tertiary/aromatic N) is 5. The molecule has 2 fully saturated rings. The van der Waals surface area contributed by atoms with Gasteiger partial charge in [-0.15, -0.1) is 0 Å². The van der Waals surface area contributed by atoms with Crippen LogP contribution in [0.15, 0.2) is 36.7 Å². The molecule has 0 unspecified atom stereocenters. The molecule has 2 amide bonds. The van der Waals surface area contributed by atoms with Crippen LogP contribution in [-0.4, -0.2) is 56.1 Å². The third-order valence-corrected chi connectivity index (χ3v) is 7.28. The first-order valence-electron chi connectivity index (χ1n) is 12.8. The SMILES string of the molecule is O=C(NCCCN1CCCC1=O)c1cnn(-c2ncc3c(n2)-c2ccccc2CCC3)c1C1CC1. The van der Waals surface area contributed by atoms with Gasteiger partial charge in [0.15, 0.2) is 0 Å². The summed E-state index contributed by atoms with van der Waals surface area (Å²) >= 11 is 0. The number of carbonyl (C=O) groups excluding carboxylic acids is 2. The van der Waals surface area contributed by atoms with E-state index in [4.69, 9.17) is 4.98 Å². The fraction of sp³-hybridized carbons (Fsp3) is 0.444. The standard InChI is InChI=1S/C27H30N6O2/c34-23-10-4-14-32(23)15-5-13-28-26(35)22-17-30-33(25(22)19-11-12-19)27-29-16-20-8-3-7-18-6-1-2-9-21(18)24(20)31-27/h1-2,6,9,16-17,19H,3-5,7-8,10-15H2,(H,28,35). The summed E-state index contributed by atoms with van der Waals surface area (Å²) in [5.74, 6) is 0.923. The fourth-order valence-electron chi connectivity index (χ4n) is 5.30. The van der Waals surface area contributed by atoms with Crippen molar-refractivity contribution in [1.29, 1.82) is 0 Å². The third kappa shape index (κ3) is 4.33. The smallest absolute Gasteiger partial charge is 0.254 e. The molecule has 0 bridgehead atoms. The molecule has 2 aromatic heterocycles. The van der Waals surface area contributed by atoms with Crippen molar-refractivity contribution in [1.82, 2.24) is 30.0 Å². The monoisotopic (exact) mass is 470 g/mol. The van der Waals surface area contributed by atoms with Gasteiger partial charge in [0, 0.05) is 43.7 Å². The third-order valence-electron chi connectivity index (χ3n) is 7.28. The van der Waals surface area contributed by atoms with E-state index in [1.54, 1.807) is 10.9 Å². The summed E-state index contributed by atoms with van der Waals surface area (Å²) in [6, 6.07) is 8.45. The van der Waals surface area contributed by atoms with Crippen molar-refractivity contribution in [3.8, 4) is 17.2 Å². The van der Waals surface area contributed by atoms with Crippen molar-refractivity contribution in [2.45, 2.75) is 57.3 Å². The predicted octanol–water partition coefficient (Wildman–Crippen LogP) is 3.44. The van der Waals surface area contributed by atoms with Crippen molar-refractivity contribution < 1.29 is 9.59 Å². The average molecular weight is 471 g/mol. The highest BCUT2D eigenvalue weighted by atomic mass is 16.2. The van der Waals surface area contributed by atoms with E-state index in [9.17, 15) is 9.59 Å².